The molecule has 0 unspecified atom stereocenters. The van der Waals surface area contributed by atoms with Gasteiger partial charge in [-0.05, 0) is 18.1 Å². The van der Waals surface area contributed by atoms with Gasteiger partial charge in [-0.15, -0.1) is 0 Å². The van der Waals surface area contributed by atoms with Crippen molar-refractivity contribution in [3.8, 4) is 0 Å². The smallest absolute Gasteiger partial charge is 0.289 e. The van der Waals surface area contributed by atoms with Gasteiger partial charge >= 0.3 is 0 Å². The highest BCUT2D eigenvalue weighted by atomic mass is 16.2. The van der Waals surface area contributed by atoms with Gasteiger partial charge in [-0.1, -0.05) is 36.4 Å². The van der Waals surface area contributed by atoms with E-state index in [4.69, 9.17) is 0 Å². The Morgan fingerprint density at radius 2 is 1.76 bits per heavy atom. The third-order valence-corrected chi connectivity index (χ3v) is 3.71. The normalized spacial score (nSPS) is 11.4. The lowest BCUT2D eigenvalue weighted by Gasteiger charge is -2.17. The van der Waals surface area contributed by atoms with Gasteiger partial charge in [0, 0.05) is 19.5 Å². The van der Waals surface area contributed by atoms with Crippen molar-refractivity contribution in [2.45, 2.75) is 19.4 Å². The van der Waals surface area contributed by atoms with E-state index in [1.165, 1.54) is 19.2 Å². The number of aromatic amines is 1. The van der Waals surface area contributed by atoms with E-state index in [-0.39, 0.29) is 12.1 Å². The summed E-state index contributed by atoms with van der Waals surface area (Å²) in [7, 11) is 1.35. The average Bonchev–Trinajstić information content (AvgIpc) is 2.62. The first-order valence-electron chi connectivity index (χ1n) is 7.73. The lowest BCUT2D eigenvalue weighted by molar-refractivity contribution is -0.138. The van der Waals surface area contributed by atoms with Crippen molar-refractivity contribution in [3.63, 3.8) is 0 Å². The van der Waals surface area contributed by atoms with Gasteiger partial charge in [0.2, 0.25) is 11.3 Å². The van der Waals surface area contributed by atoms with Crippen molar-refractivity contribution < 1.29 is 14.4 Å². The van der Waals surface area contributed by atoms with Gasteiger partial charge in [0.15, 0.2) is 0 Å². The van der Waals surface area contributed by atoms with Gasteiger partial charge in [-0.3, -0.25) is 19.2 Å². The number of carbonyl (C=O) groups is 3. The molecular weight excluding hydrogens is 322 g/mol. The third kappa shape index (κ3) is 4.63. The zero-order valence-electron chi connectivity index (χ0n) is 14.0. The maximum absolute atomic E-state index is 12.5. The SMILES string of the molecule is CNC(=O)C(=O)[C@H](Cc1ccccc1)NC(=O)c1[nH]c(=O)ccc1C. The lowest BCUT2D eigenvalue weighted by Crippen LogP contribution is -2.48. The highest BCUT2D eigenvalue weighted by Crippen LogP contribution is 2.07. The highest BCUT2D eigenvalue weighted by molar-refractivity contribution is 6.38. The van der Waals surface area contributed by atoms with Gasteiger partial charge in [0.1, 0.15) is 11.7 Å². The average molecular weight is 341 g/mol. The third-order valence-electron chi connectivity index (χ3n) is 3.71. The summed E-state index contributed by atoms with van der Waals surface area (Å²) in [5, 5.41) is 4.81. The summed E-state index contributed by atoms with van der Waals surface area (Å²) < 4.78 is 0. The quantitative estimate of drug-likeness (QED) is 0.658. The number of pyridine rings is 1. The van der Waals surface area contributed by atoms with E-state index in [1.54, 1.807) is 31.2 Å². The number of aryl methyl sites for hydroxylation is 1. The number of likely N-dealkylation sites (N-methyl/N-ethyl adjacent to an activating group) is 1. The largest absolute Gasteiger partial charge is 0.353 e. The highest BCUT2D eigenvalue weighted by Gasteiger charge is 2.27. The summed E-state index contributed by atoms with van der Waals surface area (Å²) in [6, 6.07) is 10.8. The fourth-order valence-electron chi connectivity index (χ4n) is 2.35. The predicted octanol–water partition coefficient (Wildman–Crippen LogP) is 0.340. The number of hydrogen-bond donors (Lipinski definition) is 3. The summed E-state index contributed by atoms with van der Waals surface area (Å²) in [6.07, 6.45) is 0.162. The number of nitrogens with one attached hydrogen (secondary N) is 3. The molecule has 1 atom stereocenters. The van der Waals surface area contributed by atoms with Gasteiger partial charge in [0.05, 0.1) is 0 Å². The Kier molecular flexibility index (Phi) is 5.84. The lowest BCUT2D eigenvalue weighted by atomic mass is 10.0. The maximum Gasteiger partial charge on any atom is 0.289 e. The molecule has 2 aromatic rings. The molecule has 130 valence electrons. The topological polar surface area (TPSA) is 108 Å². The molecule has 0 aliphatic rings. The van der Waals surface area contributed by atoms with Gasteiger partial charge in [-0.2, -0.15) is 0 Å². The van der Waals surface area contributed by atoms with Crippen LogP contribution in [0, 0.1) is 6.92 Å². The first kappa shape index (κ1) is 18.1. The van der Waals surface area contributed by atoms with Crippen molar-refractivity contribution in [3.05, 3.63) is 69.6 Å². The molecule has 7 heteroatoms. The molecule has 0 saturated heterocycles. The molecular formula is C18H19N3O4. The Morgan fingerprint density at radius 1 is 1.08 bits per heavy atom. The molecule has 0 bridgehead atoms. The van der Waals surface area contributed by atoms with Crippen LogP contribution in [0.25, 0.3) is 0 Å². The fraction of sp³-hybridized carbons (Fsp3) is 0.222. The van der Waals surface area contributed by atoms with Crippen molar-refractivity contribution in [1.82, 2.24) is 15.6 Å². The van der Waals surface area contributed by atoms with Crippen LogP contribution in [0.1, 0.15) is 21.6 Å². The summed E-state index contributed by atoms with van der Waals surface area (Å²) in [5.74, 6) is -2.16. The standard InChI is InChI=1S/C18H19N3O4/c1-11-8-9-14(22)21-15(11)17(24)20-13(16(23)18(25)19-2)10-12-6-4-3-5-7-12/h3-9,13H,10H2,1-2H3,(H,19,25)(H,20,24)(H,21,22)/t13-/m0/s1. The van der Waals surface area contributed by atoms with Crippen LogP contribution in [-0.2, 0) is 16.0 Å². The number of rotatable bonds is 6. The number of carbonyl (C=O) groups excluding carboxylic acids is 3. The maximum atomic E-state index is 12.5. The van der Waals surface area contributed by atoms with Crippen LogP contribution in [0.4, 0.5) is 0 Å². The molecule has 7 nitrogen and oxygen atoms in total. The van der Waals surface area contributed by atoms with Crippen LogP contribution in [0.3, 0.4) is 0 Å². The predicted molar refractivity (Wildman–Crippen MR) is 92.3 cm³/mol. The Labute approximate surface area is 144 Å². The molecule has 3 N–H and O–H groups in total. The van der Waals surface area contributed by atoms with Gasteiger partial charge in [-0.25, -0.2) is 0 Å². The van der Waals surface area contributed by atoms with E-state index >= 15 is 0 Å². The minimum atomic E-state index is -1.04. The molecule has 2 amide bonds. The van der Waals surface area contributed by atoms with Crippen molar-refractivity contribution >= 4 is 17.6 Å². The number of hydrogen-bond acceptors (Lipinski definition) is 4. The van der Waals surface area contributed by atoms with E-state index in [9.17, 15) is 19.2 Å². The fourth-order valence-corrected chi connectivity index (χ4v) is 2.35. The molecule has 0 radical (unpaired) electrons. The van der Waals surface area contributed by atoms with Crippen LogP contribution < -0.4 is 16.2 Å². The molecule has 0 aliphatic carbocycles. The molecule has 1 aromatic carbocycles. The minimum Gasteiger partial charge on any atom is -0.353 e. The van der Waals surface area contributed by atoms with Crippen molar-refractivity contribution in [2.24, 2.45) is 0 Å². The Bertz CT molecular complexity index is 843. The molecule has 1 heterocycles. The van der Waals surface area contributed by atoms with E-state index < -0.39 is 29.2 Å². The van der Waals surface area contributed by atoms with Gasteiger partial charge < -0.3 is 15.6 Å². The van der Waals surface area contributed by atoms with Gasteiger partial charge in [0.25, 0.3) is 11.8 Å². The molecule has 1 aromatic heterocycles. The molecule has 0 aliphatic heterocycles. The Morgan fingerprint density at radius 3 is 2.40 bits per heavy atom. The molecule has 2 rings (SSSR count). The number of ketones is 1. The number of amides is 2. The van der Waals surface area contributed by atoms with Crippen molar-refractivity contribution in [1.29, 1.82) is 0 Å². The van der Waals surface area contributed by atoms with E-state index in [2.05, 4.69) is 15.6 Å². The monoisotopic (exact) mass is 341 g/mol. The number of H-pyrrole nitrogens is 1. The first-order chi connectivity index (χ1) is 11.9. The van der Waals surface area contributed by atoms with Crippen LogP contribution in [0.2, 0.25) is 0 Å². The Hall–Kier alpha value is -3.22. The second-order valence-electron chi connectivity index (χ2n) is 5.54. The summed E-state index contributed by atoms with van der Waals surface area (Å²) in [6.45, 7) is 1.66. The molecule has 0 saturated carbocycles. The molecule has 0 fully saturated rings. The Balaban J connectivity index is 2.27. The van der Waals surface area contributed by atoms with Crippen LogP contribution >= 0.6 is 0 Å². The number of benzene rings is 1. The summed E-state index contributed by atoms with van der Waals surface area (Å²) >= 11 is 0. The van der Waals surface area contributed by atoms with E-state index in [0.717, 1.165) is 5.56 Å². The zero-order valence-corrected chi connectivity index (χ0v) is 14.0. The second-order valence-corrected chi connectivity index (χ2v) is 5.54. The zero-order chi connectivity index (χ0) is 18.4. The number of aromatic nitrogens is 1. The van der Waals surface area contributed by atoms with E-state index in [1.807, 2.05) is 6.07 Å². The van der Waals surface area contributed by atoms with Crippen LogP contribution in [0.5, 0.6) is 0 Å². The second kappa shape index (κ2) is 8.05. The molecule has 0 spiro atoms. The minimum absolute atomic E-state index is 0.0651. The molecule has 25 heavy (non-hydrogen) atoms. The summed E-state index contributed by atoms with van der Waals surface area (Å²) in [5.41, 5.74) is 0.995. The first-order valence-corrected chi connectivity index (χ1v) is 7.73. The van der Waals surface area contributed by atoms with Crippen LogP contribution in [-0.4, -0.2) is 35.7 Å². The number of Topliss-reactive ketones (excluding diaryl/α,β-unsaturated/α-hetero) is 1. The van der Waals surface area contributed by atoms with E-state index in [0.29, 0.717) is 5.56 Å². The van der Waals surface area contributed by atoms with Crippen molar-refractivity contribution in [2.75, 3.05) is 7.05 Å². The summed E-state index contributed by atoms with van der Waals surface area (Å²) in [4.78, 5) is 50.4. The van der Waals surface area contributed by atoms with Crippen LogP contribution in [0.15, 0.2) is 47.3 Å².